The molecule has 1 rings (SSSR count). The lowest BCUT2D eigenvalue weighted by Crippen LogP contribution is -2.20. The maximum atomic E-state index is 2.49. The van der Waals surface area contributed by atoms with Crippen LogP contribution in [0.4, 0.5) is 0 Å². The minimum Gasteiger partial charge on any atom is -0.345 e. The van der Waals surface area contributed by atoms with Crippen molar-refractivity contribution in [2.24, 2.45) is 0 Å². The standard InChI is InChI=1S/C14H25N/c1-9(2)15-12(5)10(3)11(4)13(15)14(6,7)8/h9H,1-8H3. The first-order valence-electron chi connectivity index (χ1n) is 5.86. The van der Waals surface area contributed by atoms with Gasteiger partial charge in [0.25, 0.3) is 0 Å². The van der Waals surface area contributed by atoms with Crippen LogP contribution in [0.25, 0.3) is 0 Å². The molecule has 0 atom stereocenters. The lowest BCUT2D eigenvalue weighted by Gasteiger charge is -2.26. The molecule has 0 amide bonds. The summed E-state index contributed by atoms with van der Waals surface area (Å²) in [6, 6.07) is 0.548. The second-order valence-electron chi connectivity index (χ2n) is 5.90. The number of nitrogens with zero attached hydrogens (tertiary/aromatic N) is 1. The smallest absolute Gasteiger partial charge is 0.0279 e. The Labute approximate surface area is 94.5 Å². The summed E-state index contributed by atoms with van der Waals surface area (Å²) in [7, 11) is 0. The molecule has 15 heavy (non-hydrogen) atoms. The van der Waals surface area contributed by atoms with Crippen molar-refractivity contribution in [2.45, 2.75) is 66.8 Å². The predicted molar refractivity (Wildman–Crippen MR) is 67.7 cm³/mol. The monoisotopic (exact) mass is 207 g/mol. The summed E-state index contributed by atoms with van der Waals surface area (Å²) in [5.74, 6) is 0. The number of hydrogen-bond donors (Lipinski definition) is 0. The van der Waals surface area contributed by atoms with E-state index in [0.717, 1.165) is 0 Å². The average Bonchev–Trinajstić information content (AvgIpc) is 2.28. The van der Waals surface area contributed by atoms with Crippen LogP contribution in [0.15, 0.2) is 0 Å². The molecule has 0 saturated heterocycles. The topological polar surface area (TPSA) is 4.93 Å². The number of rotatable bonds is 1. The summed E-state index contributed by atoms with van der Waals surface area (Å²) in [6.45, 7) is 18.1. The van der Waals surface area contributed by atoms with Gasteiger partial charge in [0.2, 0.25) is 0 Å². The van der Waals surface area contributed by atoms with Gasteiger partial charge in [0.15, 0.2) is 0 Å². The lowest BCUT2D eigenvalue weighted by atomic mass is 9.88. The van der Waals surface area contributed by atoms with Gasteiger partial charge >= 0.3 is 0 Å². The zero-order chi connectivity index (χ0) is 12.0. The molecular weight excluding hydrogens is 182 g/mol. The van der Waals surface area contributed by atoms with Crippen molar-refractivity contribution >= 4 is 0 Å². The summed E-state index contributed by atoms with van der Waals surface area (Å²) >= 11 is 0. The highest BCUT2D eigenvalue weighted by molar-refractivity contribution is 5.40. The van der Waals surface area contributed by atoms with Crippen LogP contribution in [0.1, 0.15) is 63.2 Å². The van der Waals surface area contributed by atoms with Crippen molar-refractivity contribution in [3.63, 3.8) is 0 Å². The Kier molecular flexibility index (Phi) is 3.04. The Balaban J connectivity index is 3.56. The van der Waals surface area contributed by atoms with Gasteiger partial charge in [-0.15, -0.1) is 0 Å². The Morgan fingerprint density at radius 2 is 1.40 bits per heavy atom. The Morgan fingerprint density at radius 3 is 1.67 bits per heavy atom. The molecule has 0 fully saturated rings. The van der Waals surface area contributed by atoms with E-state index >= 15 is 0 Å². The van der Waals surface area contributed by atoms with Crippen molar-refractivity contribution in [1.29, 1.82) is 0 Å². The molecule has 1 heteroatoms. The van der Waals surface area contributed by atoms with Gasteiger partial charge in [0, 0.05) is 22.8 Å². The van der Waals surface area contributed by atoms with Crippen molar-refractivity contribution in [1.82, 2.24) is 4.57 Å². The van der Waals surface area contributed by atoms with Crippen LogP contribution in [0.2, 0.25) is 0 Å². The van der Waals surface area contributed by atoms with E-state index in [0.29, 0.717) is 6.04 Å². The van der Waals surface area contributed by atoms with Crippen LogP contribution in [0, 0.1) is 20.8 Å². The third-order valence-corrected chi connectivity index (χ3v) is 3.29. The molecule has 0 aliphatic rings. The zero-order valence-corrected chi connectivity index (χ0v) is 11.5. The van der Waals surface area contributed by atoms with Gasteiger partial charge in [-0.2, -0.15) is 0 Å². The van der Waals surface area contributed by atoms with Crippen LogP contribution in [-0.2, 0) is 5.41 Å². The quantitative estimate of drug-likeness (QED) is 0.647. The van der Waals surface area contributed by atoms with Gasteiger partial charge in [-0.25, -0.2) is 0 Å². The molecule has 0 aromatic carbocycles. The van der Waals surface area contributed by atoms with Gasteiger partial charge in [-0.1, -0.05) is 20.8 Å². The molecule has 0 unspecified atom stereocenters. The second-order valence-corrected chi connectivity index (χ2v) is 5.90. The molecule has 1 aromatic heterocycles. The van der Waals surface area contributed by atoms with Gasteiger partial charge in [-0.05, 0) is 45.7 Å². The summed E-state index contributed by atoms with van der Waals surface area (Å²) < 4.78 is 2.49. The summed E-state index contributed by atoms with van der Waals surface area (Å²) in [4.78, 5) is 0. The van der Waals surface area contributed by atoms with E-state index in [1.807, 2.05) is 0 Å². The van der Waals surface area contributed by atoms with Crippen LogP contribution in [0.5, 0.6) is 0 Å². The fraction of sp³-hybridized carbons (Fsp3) is 0.714. The Morgan fingerprint density at radius 1 is 0.933 bits per heavy atom. The van der Waals surface area contributed by atoms with Crippen molar-refractivity contribution < 1.29 is 0 Å². The molecule has 86 valence electrons. The number of aromatic nitrogens is 1. The van der Waals surface area contributed by atoms with Crippen molar-refractivity contribution in [3.8, 4) is 0 Å². The second kappa shape index (κ2) is 3.70. The highest BCUT2D eigenvalue weighted by atomic mass is 15.0. The van der Waals surface area contributed by atoms with E-state index in [9.17, 15) is 0 Å². The minimum absolute atomic E-state index is 0.230. The van der Waals surface area contributed by atoms with Gasteiger partial charge in [0.1, 0.15) is 0 Å². The van der Waals surface area contributed by atoms with E-state index in [1.165, 1.54) is 22.5 Å². The third kappa shape index (κ3) is 1.97. The summed E-state index contributed by atoms with van der Waals surface area (Å²) in [6.07, 6.45) is 0. The summed E-state index contributed by atoms with van der Waals surface area (Å²) in [5, 5.41) is 0. The first-order valence-corrected chi connectivity index (χ1v) is 5.86. The fourth-order valence-corrected chi connectivity index (χ4v) is 2.55. The minimum atomic E-state index is 0.230. The molecule has 0 saturated carbocycles. The lowest BCUT2D eigenvalue weighted by molar-refractivity contribution is 0.475. The molecule has 1 nitrogen and oxygen atoms in total. The van der Waals surface area contributed by atoms with E-state index in [2.05, 4.69) is 60.0 Å². The largest absolute Gasteiger partial charge is 0.345 e. The van der Waals surface area contributed by atoms with Crippen molar-refractivity contribution in [3.05, 3.63) is 22.5 Å². The molecule has 0 aliphatic heterocycles. The Hall–Kier alpha value is -0.720. The average molecular weight is 207 g/mol. The molecule has 1 heterocycles. The predicted octanol–water partition coefficient (Wildman–Crippen LogP) is 4.29. The molecule has 0 bridgehead atoms. The Bertz CT molecular complexity index is 362. The van der Waals surface area contributed by atoms with Gasteiger partial charge in [0.05, 0.1) is 0 Å². The normalized spacial score (nSPS) is 12.6. The molecule has 0 radical (unpaired) electrons. The van der Waals surface area contributed by atoms with Crippen molar-refractivity contribution in [2.75, 3.05) is 0 Å². The highest BCUT2D eigenvalue weighted by Crippen LogP contribution is 2.33. The molecular formula is C14H25N. The van der Waals surface area contributed by atoms with Crippen LogP contribution >= 0.6 is 0 Å². The molecule has 1 aromatic rings. The summed E-state index contributed by atoms with van der Waals surface area (Å²) in [5.41, 5.74) is 6.06. The van der Waals surface area contributed by atoms with E-state index in [-0.39, 0.29) is 5.41 Å². The van der Waals surface area contributed by atoms with E-state index < -0.39 is 0 Å². The SMILES string of the molecule is Cc1c(C)c(C(C)(C)C)n(C(C)C)c1C. The molecule has 0 spiro atoms. The number of hydrogen-bond acceptors (Lipinski definition) is 0. The van der Waals surface area contributed by atoms with Crippen LogP contribution < -0.4 is 0 Å². The molecule has 0 aliphatic carbocycles. The maximum absolute atomic E-state index is 2.49. The first kappa shape index (κ1) is 12.4. The molecule has 0 N–H and O–H groups in total. The van der Waals surface area contributed by atoms with Crippen LogP contribution in [0.3, 0.4) is 0 Å². The van der Waals surface area contributed by atoms with Gasteiger partial charge < -0.3 is 4.57 Å². The maximum Gasteiger partial charge on any atom is 0.0279 e. The first-order chi connectivity index (χ1) is 6.68. The zero-order valence-electron chi connectivity index (χ0n) is 11.5. The van der Waals surface area contributed by atoms with E-state index in [4.69, 9.17) is 0 Å². The van der Waals surface area contributed by atoms with E-state index in [1.54, 1.807) is 0 Å². The fourth-order valence-electron chi connectivity index (χ4n) is 2.55. The van der Waals surface area contributed by atoms with Gasteiger partial charge in [-0.3, -0.25) is 0 Å². The highest BCUT2D eigenvalue weighted by Gasteiger charge is 2.25. The van der Waals surface area contributed by atoms with Crippen LogP contribution in [-0.4, -0.2) is 4.57 Å². The third-order valence-electron chi connectivity index (χ3n) is 3.29.